The average Bonchev–Trinajstić information content (AvgIpc) is 3.12. The van der Waals surface area contributed by atoms with Gasteiger partial charge in [-0.05, 0) is 18.2 Å². The summed E-state index contributed by atoms with van der Waals surface area (Å²) in [6, 6.07) is 10.5. The van der Waals surface area contributed by atoms with Crippen LogP contribution in [0.3, 0.4) is 0 Å². The number of halogens is 3. The lowest BCUT2D eigenvalue weighted by Gasteiger charge is -2.12. The van der Waals surface area contributed by atoms with Gasteiger partial charge in [0.2, 0.25) is 0 Å². The Morgan fingerprint density at radius 3 is 2.67 bits per heavy atom. The molecular formula is C17H12ClF2N3O. The number of rotatable bonds is 3. The van der Waals surface area contributed by atoms with E-state index in [9.17, 15) is 8.78 Å². The van der Waals surface area contributed by atoms with Crippen LogP contribution in [-0.2, 0) is 17.4 Å². The summed E-state index contributed by atoms with van der Waals surface area (Å²) in [7, 11) is 1.71. The fourth-order valence-electron chi connectivity index (χ4n) is 2.92. The molecule has 3 aromatic rings. The highest BCUT2D eigenvalue weighted by atomic mass is 35.5. The lowest BCUT2D eigenvalue weighted by molar-refractivity contribution is 0.313. The Morgan fingerprint density at radius 2 is 2.00 bits per heavy atom. The van der Waals surface area contributed by atoms with Gasteiger partial charge in [-0.3, -0.25) is 4.68 Å². The van der Waals surface area contributed by atoms with Gasteiger partial charge < -0.3 is 4.74 Å². The van der Waals surface area contributed by atoms with Crippen molar-refractivity contribution in [3.05, 3.63) is 82.4 Å². The Kier molecular flexibility index (Phi) is 3.40. The molecule has 1 aliphatic rings. The second-order valence-corrected chi connectivity index (χ2v) is 6.03. The molecule has 24 heavy (non-hydrogen) atoms. The second-order valence-electron chi connectivity index (χ2n) is 5.62. The summed E-state index contributed by atoms with van der Waals surface area (Å²) in [5, 5.41) is 4.77. The van der Waals surface area contributed by atoms with E-state index in [1.807, 2.05) is 6.07 Å². The second kappa shape index (κ2) is 5.36. The lowest BCUT2D eigenvalue weighted by atomic mass is 9.90. The number of aryl methyl sites for hydroxylation is 1. The van der Waals surface area contributed by atoms with Crippen LogP contribution < -0.4 is 0 Å². The van der Waals surface area contributed by atoms with Crippen LogP contribution in [0.1, 0.15) is 23.1 Å². The van der Waals surface area contributed by atoms with Crippen LogP contribution in [0.15, 0.2) is 48.8 Å². The van der Waals surface area contributed by atoms with Gasteiger partial charge in [0.25, 0.3) is 0 Å². The Labute approximate surface area is 141 Å². The number of epoxide rings is 1. The number of benzene rings is 2. The third-order valence-corrected chi connectivity index (χ3v) is 4.41. The van der Waals surface area contributed by atoms with Crippen molar-refractivity contribution in [3.63, 3.8) is 0 Å². The van der Waals surface area contributed by atoms with Crippen LogP contribution in [0, 0.1) is 11.6 Å². The van der Waals surface area contributed by atoms with E-state index in [1.165, 1.54) is 23.1 Å². The molecule has 0 bridgehead atoms. The fourth-order valence-corrected chi connectivity index (χ4v) is 3.15. The molecule has 2 heterocycles. The van der Waals surface area contributed by atoms with Crippen LogP contribution >= 0.6 is 11.6 Å². The molecule has 0 radical (unpaired) electrons. The van der Waals surface area contributed by atoms with Gasteiger partial charge in [-0.2, -0.15) is 5.10 Å². The third kappa shape index (κ3) is 2.22. The van der Waals surface area contributed by atoms with Crippen LogP contribution in [-0.4, -0.2) is 14.8 Å². The minimum Gasteiger partial charge on any atom is -0.347 e. The highest BCUT2D eigenvalue weighted by Crippen LogP contribution is 2.61. The van der Waals surface area contributed by atoms with E-state index in [0.29, 0.717) is 16.4 Å². The van der Waals surface area contributed by atoms with Crippen LogP contribution in [0.5, 0.6) is 0 Å². The van der Waals surface area contributed by atoms with E-state index in [0.717, 1.165) is 6.07 Å². The summed E-state index contributed by atoms with van der Waals surface area (Å²) < 4.78 is 35.2. The first-order valence-electron chi connectivity index (χ1n) is 7.26. The topological polar surface area (TPSA) is 43.2 Å². The molecule has 1 saturated heterocycles. The molecule has 1 fully saturated rings. The normalized spacial score (nSPS) is 22.6. The minimum absolute atomic E-state index is 0.181. The van der Waals surface area contributed by atoms with E-state index in [2.05, 4.69) is 10.1 Å². The third-order valence-electron chi connectivity index (χ3n) is 4.07. The zero-order chi connectivity index (χ0) is 16.9. The molecule has 2 aromatic carbocycles. The molecule has 0 saturated carbocycles. The molecule has 0 spiro atoms. The maximum absolute atomic E-state index is 14.5. The number of ether oxygens (including phenoxy) is 1. The molecule has 7 heteroatoms. The van der Waals surface area contributed by atoms with Gasteiger partial charge in [-0.25, -0.2) is 13.8 Å². The maximum atomic E-state index is 14.5. The first-order chi connectivity index (χ1) is 11.5. The summed E-state index contributed by atoms with van der Waals surface area (Å²) in [6.45, 7) is 0. The largest absolute Gasteiger partial charge is 0.347 e. The van der Waals surface area contributed by atoms with Crippen molar-refractivity contribution in [2.75, 3.05) is 0 Å². The summed E-state index contributed by atoms with van der Waals surface area (Å²) >= 11 is 6.25. The summed E-state index contributed by atoms with van der Waals surface area (Å²) in [5.41, 5.74) is -0.334. The predicted octanol–water partition coefficient (Wildman–Crippen LogP) is 3.76. The van der Waals surface area contributed by atoms with Crippen molar-refractivity contribution in [2.24, 2.45) is 7.05 Å². The Morgan fingerprint density at radius 1 is 1.21 bits per heavy atom. The average molecular weight is 348 g/mol. The molecule has 0 aliphatic carbocycles. The molecule has 0 N–H and O–H groups in total. The predicted molar refractivity (Wildman–Crippen MR) is 83.4 cm³/mol. The van der Waals surface area contributed by atoms with E-state index >= 15 is 0 Å². The molecule has 122 valence electrons. The van der Waals surface area contributed by atoms with E-state index in [-0.39, 0.29) is 5.56 Å². The molecule has 4 rings (SSSR count). The Balaban J connectivity index is 1.89. The fraction of sp³-hybridized carbons (Fsp3) is 0.176. The van der Waals surface area contributed by atoms with Crippen molar-refractivity contribution in [3.8, 4) is 0 Å². The first-order valence-corrected chi connectivity index (χ1v) is 7.64. The van der Waals surface area contributed by atoms with Gasteiger partial charge in [-0.1, -0.05) is 29.8 Å². The standard InChI is InChI=1S/C17H12ClF2N3O/c1-23-9-21-16(22-23)17(12-7-6-10(19)8-14(12)20)15(24-17)11-4-2-3-5-13(11)18/h2-9,15H,1H3/t15-,17-/m0/s1. The number of hydrogen-bond acceptors (Lipinski definition) is 3. The van der Waals surface area contributed by atoms with Crippen molar-refractivity contribution in [1.82, 2.24) is 14.8 Å². The Hall–Kier alpha value is -2.31. The Bertz CT molecular complexity index is 930. The highest BCUT2D eigenvalue weighted by Gasteiger charge is 2.64. The van der Waals surface area contributed by atoms with E-state index < -0.39 is 23.3 Å². The molecule has 2 atom stereocenters. The van der Waals surface area contributed by atoms with Gasteiger partial charge in [0, 0.05) is 29.3 Å². The van der Waals surface area contributed by atoms with Crippen LogP contribution in [0.2, 0.25) is 5.02 Å². The van der Waals surface area contributed by atoms with Crippen molar-refractivity contribution in [1.29, 1.82) is 0 Å². The molecular weight excluding hydrogens is 336 g/mol. The van der Waals surface area contributed by atoms with Crippen LogP contribution in [0.4, 0.5) is 8.78 Å². The smallest absolute Gasteiger partial charge is 0.190 e. The van der Waals surface area contributed by atoms with E-state index in [1.54, 1.807) is 25.2 Å². The first kappa shape index (κ1) is 15.2. The number of aromatic nitrogens is 3. The number of hydrogen-bond donors (Lipinski definition) is 0. The highest BCUT2D eigenvalue weighted by molar-refractivity contribution is 6.31. The van der Waals surface area contributed by atoms with Crippen molar-refractivity contribution < 1.29 is 13.5 Å². The minimum atomic E-state index is -1.22. The summed E-state index contributed by atoms with van der Waals surface area (Å²) in [6.07, 6.45) is 0.956. The van der Waals surface area contributed by atoms with Gasteiger partial charge >= 0.3 is 0 Å². The van der Waals surface area contributed by atoms with Crippen molar-refractivity contribution >= 4 is 11.6 Å². The summed E-state index contributed by atoms with van der Waals surface area (Å²) in [4.78, 5) is 4.22. The maximum Gasteiger partial charge on any atom is 0.190 e. The van der Waals surface area contributed by atoms with Gasteiger partial charge in [0.15, 0.2) is 11.4 Å². The quantitative estimate of drug-likeness (QED) is 0.677. The molecule has 1 aromatic heterocycles. The van der Waals surface area contributed by atoms with Crippen molar-refractivity contribution in [2.45, 2.75) is 11.7 Å². The van der Waals surface area contributed by atoms with Gasteiger partial charge in [0.05, 0.1) is 0 Å². The number of nitrogens with zero attached hydrogens (tertiary/aromatic N) is 3. The van der Waals surface area contributed by atoms with E-state index in [4.69, 9.17) is 16.3 Å². The molecule has 0 amide bonds. The lowest BCUT2D eigenvalue weighted by Crippen LogP contribution is -2.17. The summed E-state index contributed by atoms with van der Waals surface area (Å²) in [5.74, 6) is -1.06. The molecule has 1 aliphatic heterocycles. The zero-order valence-corrected chi connectivity index (χ0v) is 13.3. The molecule has 0 unspecified atom stereocenters. The van der Waals surface area contributed by atoms with Gasteiger partial charge in [-0.15, -0.1) is 0 Å². The van der Waals surface area contributed by atoms with Crippen LogP contribution in [0.25, 0.3) is 0 Å². The molecule has 4 nitrogen and oxygen atoms in total. The van der Waals surface area contributed by atoms with Gasteiger partial charge in [0.1, 0.15) is 24.1 Å². The zero-order valence-electron chi connectivity index (χ0n) is 12.6. The monoisotopic (exact) mass is 347 g/mol. The SMILES string of the molecule is Cn1cnc([C@@]2(c3ccc(F)cc3F)O[C@H]2c2ccccc2Cl)n1.